The van der Waals surface area contributed by atoms with E-state index in [2.05, 4.69) is 29.1 Å². The largest absolute Gasteiger partial charge is 0.441 e. The summed E-state index contributed by atoms with van der Waals surface area (Å²) in [5.41, 5.74) is -0.00286. The summed E-state index contributed by atoms with van der Waals surface area (Å²) >= 11 is 0. The lowest BCUT2D eigenvalue weighted by Crippen LogP contribution is -2.52. The predicted molar refractivity (Wildman–Crippen MR) is 91.7 cm³/mol. The van der Waals surface area contributed by atoms with Crippen molar-refractivity contribution in [3.63, 3.8) is 0 Å². The molecule has 24 heavy (non-hydrogen) atoms. The van der Waals surface area contributed by atoms with Crippen molar-refractivity contribution in [2.75, 3.05) is 33.2 Å². The van der Waals surface area contributed by atoms with Crippen molar-refractivity contribution >= 4 is 12.0 Å². The summed E-state index contributed by atoms with van der Waals surface area (Å²) in [6.07, 6.45) is 5.71. The van der Waals surface area contributed by atoms with Gasteiger partial charge in [-0.1, -0.05) is 6.92 Å². The van der Waals surface area contributed by atoms with Gasteiger partial charge >= 0.3 is 6.09 Å². The second-order valence-electron chi connectivity index (χ2n) is 8.30. The zero-order chi connectivity index (χ0) is 17.4. The van der Waals surface area contributed by atoms with Crippen LogP contribution < -0.4 is 5.32 Å². The summed E-state index contributed by atoms with van der Waals surface area (Å²) in [6.45, 7) is 7.49. The van der Waals surface area contributed by atoms with Crippen molar-refractivity contribution in [2.45, 2.75) is 64.0 Å². The topological polar surface area (TPSA) is 61.9 Å². The number of amides is 2. The standard InChI is InChI=1S/C18H31N3O3/c1-4-5-15(22)21-9-7-18(13-21)10-14(11-18)20(3)8-6-17(2)12-19-16(23)24-17/h14H,4-13H2,1-3H3,(H,19,23). The minimum Gasteiger partial charge on any atom is -0.441 e. The van der Waals surface area contributed by atoms with Gasteiger partial charge in [0.05, 0.1) is 6.54 Å². The molecule has 1 N–H and O–H groups in total. The molecular formula is C18H31N3O3. The third kappa shape index (κ3) is 3.53. The van der Waals surface area contributed by atoms with Gasteiger partial charge in [0, 0.05) is 38.5 Å². The van der Waals surface area contributed by atoms with Crippen molar-refractivity contribution < 1.29 is 14.3 Å². The minimum absolute atomic E-state index is 0.300. The Balaban J connectivity index is 1.41. The highest BCUT2D eigenvalue weighted by Gasteiger charge is 2.50. The first kappa shape index (κ1) is 17.5. The number of hydrogen-bond donors (Lipinski definition) is 1. The number of likely N-dealkylation sites (tertiary alicyclic amines) is 1. The molecule has 0 radical (unpaired) electrons. The molecule has 2 saturated heterocycles. The average Bonchev–Trinajstić information content (AvgIpc) is 3.08. The molecule has 1 unspecified atom stereocenters. The van der Waals surface area contributed by atoms with E-state index < -0.39 is 0 Å². The molecule has 6 heteroatoms. The maximum atomic E-state index is 12.1. The van der Waals surface area contributed by atoms with Gasteiger partial charge in [-0.2, -0.15) is 0 Å². The zero-order valence-electron chi connectivity index (χ0n) is 15.3. The first-order chi connectivity index (χ1) is 11.3. The molecule has 2 amide bonds. The van der Waals surface area contributed by atoms with Crippen LogP contribution in [-0.2, 0) is 9.53 Å². The molecule has 1 atom stereocenters. The van der Waals surface area contributed by atoms with Crippen molar-refractivity contribution in [3.05, 3.63) is 0 Å². The number of nitrogens with one attached hydrogen (secondary N) is 1. The predicted octanol–water partition coefficient (Wildman–Crippen LogP) is 1.99. The monoisotopic (exact) mass is 337 g/mol. The molecule has 3 rings (SSSR count). The molecule has 0 aromatic rings. The van der Waals surface area contributed by atoms with E-state index in [1.54, 1.807) is 0 Å². The first-order valence-electron chi connectivity index (χ1n) is 9.30. The lowest BCUT2D eigenvalue weighted by atomic mass is 9.64. The summed E-state index contributed by atoms with van der Waals surface area (Å²) in [5.74, 6) is 0.328. The van der Waals surface area contributed by atoms with E-state index >= 15 is 0 Å². The van der Waals surface area contributed by atoms with Gasteiger partial charge in [0.2, 0.25) is 5.91 Å². The van der Waals surface area contributed by atoms with Gasteiger partial charge in [-0.05, 0) is 45.1 Å². The minimum atomic E-state index is -0.372. The van der Waals surface area contributed by atoms with Crippen LogP contribution in [0.1, 0.15) is 52.4 Å². The van der Waals surface area contributed by atoms with Crippen LogP contribution in [0.5, 0.6) is 0 Å². The smallest absolute Gasteiger partial charge is 0.407 e. The highest BCUT2D eigenvalue weighted by atomic mass is 16.6. The molecule has 1 spiro atoms. The molecule has 1 aliphatic carbocycles. The molecule has 0 bridgehead atoms. The van der Waals surface area contributed by atoms with Crippen molar-refractivity contribution in [1.29, 1.82) is 0 Å². The Hall–Kier alpha value is -1.30. The Labute approximate surface area is 144 Å². The number of carbonyl (C=O) groups excluding carboxylic acids is 2. The summed E-state index contributed by atoms with van der Waals surface area (Å²) in [4.78, 5) is 27.8. The third-order valence-corrected chi connectivity index (χ3v) is 6.15. The lowest BCUT2D eigenvalue weighted by Gasteiger charge is -2.49. The van der Waals surface area contributed by atoms with Crippen molar-refractivity contribution in [1.82, 2.24) is 15.1 Å². The van der Waals surface area contributed by atoms with E-state index in [9.17, 15) is 9.59 Å². The number of hydrogen-bond acceptors (Lipinski definition) is 4. The number of cyclic esters (lactones) is 1. The summed E-state index contributed by atoms with van der Waals surface area (Å²) in [6, 6.07) is 0.597. The fraction of sp³-hybridized carbons (Fsp3) is 0.889. The van der Waals surface area contributed by atoms with Crippen LogP contribution in [0, 0.1) is 5.41 Å². The van der Waals surface area contributed by atoms with Gasteiger partial charge in [0.15, 0.2) is 0 Å². The third-order valence-electron chi connectivity index (χ3n) is 6.15. The van der Waals surface area contributed by atoms with Crippen LogP contribution in [0.15, 0.2) is 0 Å². The van der Waals surface area contributed by atoms with E-state index in [4.69, 9.17) is 4.74 Å². The summed E-state index contributed by atoms with van der Waals surface area (Å²) in [7, 11) is 2.17. The van der Waals surface area contributed by atoms with Gasteiger partial charge in [-0.3, -0.25) is 4.79 Å². The molecule has 2 heterocycles. The van der Waals surface area contributed by atoms with Gasteiger partial charge in [-0.25, -0.2) is 4.79 Å². The fourth-order valence-electron chi connectivity index (χ4n) is 4.39. The molecule has 6 nitrogen and oxygen atoms in total. The Morgan fingerprint density at radius 3 is 2.83 bits per heavy atom. The lowest BCUT2D eigenvalue weighted by molar-refractivity contribution is -0.131. The number of alkyl carbamates (subject to hydrolysis) is 1. The molecule has 3 fully saturated rings. The molecule has 1 saturated carbocycles. The zero-order valence-corrected chi connectivity index (χ0v) is 15.3. The number of nitrogens with zero attached hydrogens (tertiary/aromatic N) is 2. The molecule has 136 valence electrons. The van der Waals surface area contributed by atoms with Crippen molar-refractivity contribution in [2.24, 2.45) is 5.41 Å². The Kier molecular flexibility index (Phi) is 4.78. The van der Waals surface area contributed by atoms with E-state index in [1.165, 1.54) is 12.8 Å². The summed E-state index contributed by atoms with van der Waals surface area (Å²) in [5, 5.41) is 2.74. The van der Waals surface area contributed by atoms with Crippen LogP contribution in [0.25, 0.3) is 0 Å². The maximum Gasteiger partial charge on any atom is 0.407 e. The van der Waals surface area contributed by atoms with E-state index in [0.29, 0.717) is 30.3 Å². The molecule has 0 aromatic carbocycles. The van der Waals surface area contributed by atoms with Gasteiger partial charge in [0.25, 0.3) is 0 Å². The number of carbonyl (C=O) groups is 2. The van der Waals surface area contributed by atoms with Crippen LogP contribution in [0.4, 0.5) is 4.79 Å². The Morgan fingerprint density at radius 2 is 2.21 bits per heavy atom. The number of rotatable bonds is 6. The Morgan fingerprint density at radius 1 is 1.46 bits per heavy atom. The van der Waals surface area contributed by atoms with Gasteiger partial charge in [0.1, 0.15) is 5.60 Å². The second-order valence-corrected chi connectivity index (χ2v) is 8.30. The molecule has 2 aliphatic heterocycles. The van der Waals surface area contributed by atoms with Gasteiger partial charge < -0.3 is 19.9 Å². The average molecular weight is 337 g/mol. The van der Waals surface area contributed by atoms with Crippen molar-refractivity contribution in [3.8, 4) is 0 Å². The van der Waals surface area contributed by atoms with Crippen LogP contribution in [0.3, 0.4) is 0 Å². The highest BCUT2D eigenvalue weighted by Crippen LogP contribution is 2.50. The van der Waals surface area contributed by atoms with E-state index in [1.807, 2.05) is 6.92 Å². The van der Waals surface area contributed by atoms with E-state index in [0.717, 1.165) is 38.9 Å². The fourth-order valence-corrected chi connectivity index (χ4v) is 4.39. The quantitative estimate of drug-likeness (QED) is 0.805. The molecule has 3 aliphatic rings. The van der Waals surface area contributed by atoms with Gasteiger partial charge in [-0.15, -0.1) is 0 Å². The van der Waals surface area contributed by atoms with Crippen LogP contribution in [0.2, 0.25) is 0 Å². The maximum absolute atomic E-state index is 12.1. The normalized spacial score (nSPS) is 35.2. The van der Waals surface area contributed by atoms with E-state index in [-0.39, 0.29) is 11.7 Å². The Bertz CT molecular complexity index is 504. The SMILES string of the molecule is CCCC(=O)N1CCC2(CC(N(C)CCC3(C)CNC(=O)O3)C2)C1. The summed E-state index contributed by atoms with van der Waals surface area (Å²) < 4.78 is 5.37. The number of ether oxygens (including phenoxy) is 1. The molecular weight excluding hydrogens is 306 g/mol. The first-order valence-corrected chi connectivity index (χ1v) is 9.30. The highest BCUT2D eigenvalue weighted by molar-refractivity contribution is 5.76. The van der Waals surface area contributed by atoms with Crippen LogP contribution >= 0.6 is 0 Å². The van der Waals surface area contributed by atoms with Crippen LogP contribution in [-0.4, -0.2) is 66.7 Å². The molecule has 0 aromatic heterocycles. The second kappa shape index (κ2) is 6.54.